The van der Waals surface area contributed by atoms with Crippen LogP contribution >= 0.6 is 11.8 Å². The number of fused-ring (bicyclic) bond motifs is 1. The molecule has 1 atom stereocenters. The summed E-state index contributed by atoms with van der Waals surface area (Å²) >= 11 is 1.02. The minimum Gasteiger partial charge on any atom is -0.463 e. The molecule has 1 N–H and O–H groups in total. The van der Waals surface area contributed by atoms with Crippen LogP contribution in [-0.2, 0) is 19.1 Å². The SMILES string of the molecule is CCOC(=O)C1=C(C)N=C2SC(C(=O)Nc3ccccc3)=CC(=O)N2C1c1ccc(F)cc1. The Bertz CT molecular complexity index is 1210. The van der Waals surface area contributed by atoms with E-state index in [1.165, 1.54) is 35.2 Å². The molecule has 2 aliphatic rings. The van der Waals surface area contributed by atoms with Crippen molar-refractivity contribution in [3.8, 4) is 0 Å². The number of esters is 1. The first-order valence-corrected chi connectivity index (χ1v) is 11.0. The monoisotopic (exact) mass is 465 g/mol. The Morgan fingerprint density at radius 1 is 1.15 bits per heavy atom. The highest BCUT2D eigenvalue weighted by molar-refractivity contribution is 8.18. The van der Waals surface area contributed by atoms with Gasteiger partial charge in [-0.15, -0.1) is 0 Å². The molecular formula is C24H20FN3O4S. The van der Waals surface area contributed by atoms with Crippen LogP contribution < -0.4 is 5.32 Å². The maximum absolute atomic E-state index is 13.6. The predicted molar refractivity (Wildman–Crippen MR) is 124 cm³/mol. The van der Waals surface area contributed by atoms with Gasteiger partial charge in [0.15, 0.2) is 5.17 Å². The molecular weight excluding hydrogens is 445 g/mol. The van der Waals surface area contributed by atoms with Crippen LogP contribution in [0, 0.1) is 5.82 Å². The first-order valence-electron chi connectivity index (χ1n) is 10.2. The average molecular weight is 466 g/mol. The molecule has 2 amide bonds. The number of benzene rings is 2. The van der Waals surface area contributed by atoms with E-state index in [0.29, 0.717) is 16.9 Å². The number of nitrogens with zero attached hydrogens (tertiary/aromatic N) is 2. The van der Waals surface area contributed by atoms with Crippen LogP contribution in [0.1, 0.15) is 25.5 Å². The summed E-state index contributed by atoms with van der Waals surface area (Å²) in [7, 11) is 0. The number of amides is 2. The zero-order chi connectivity index (χ0) is 23.5. The lowest BCUT2D eigenvalue weighted by molar-refractivity contribution is -0.139. The normalized spacial score (nSPS) is 17.7. The highest BCUT2D eigenvalue weighted by Gasteiger charge is 2.42. The summed E-state index contributed by atoms with van der Waals surface area (Å²) in [6.07, 6.45) is 1.21. The highest BCUT2D eigenvalue weighted by atomic mass is 32.2. The van der Waals surface area contributed by atoms with E-state index in [0.717, 1.165) is 11.8 Å². The molecule has 1 unspecified atom stereocenters. The number of nitrogens with one attached hydrogen (secondary N) is 1. The first kappa shape index (κ1) is 22.5. The van der Waals surface area contributed by atoms with Gasteiger partial charge in [-0.1, -0.05) is 30.3 Å². The zero-order valence-corrected chi connectivity index (χ0v) is 18.7. The number of amidine groups is 1. The second kappa shape index (κ2) is 9.41. The fourth-order valence-electron chi connectivity index (χ4n) is 3.55. The number of thioether (sulfide) groups is 1. The molecule has 2 aliphatic heterocycles. The minimum absolute atomic E-state index is 0.148. The van der Waals surface area contributed by atoms with Crippen molar-refractivity contribution in [2.24, 2.45) is 4.99 Å². The van der Waals surface area contributed by atoms with Crippen LogP contribution in [0.25, 0.3) is 0 Å². The van der Waals surface area contributed by atoms with Crippen LogP contribution in [0.3, 0.4) is 0 Å². The molecule has 0 aromatic heterocycles. The molecule has 2 aromatic carbocycles. The van der Waals surface area contributed by atoms with Crippen molar-refractivity contribution >= 4 is 40.4 Å². The lowest BCUT2D eigenvalue weighted by Crippen LogP contribution is -2.45. The Labute approximate surface area is 194 Å². The van der Waals surface area contributed by atoms with Gasteiger partial charge in [-0.25, -0.2) is 14.2 Å². The number of allylic oxidation sites excluding steroid dienone is 1. The molecule has 33 heavy (non-hydrogen) atoms. The van der Waals surface area contributed by atoms with Crippen LogP contribution in [0.15, 0.2) is 81.8 Å². The summed E-state index contributed by atoms with van der Waals surface area (Å²) in [5, 5.41) is 3.00. The first-order chi connectivity index (χ1) is 15.9. The van der Waals surface area contributed by atoms with Gasteiger partial charge in [-0.3, -0.25) is 14.5 Å². The second-order valence-corrected chi connectivity index (χ2v) is 8.22. The number of ether oxygens (including phenoxy) is 1. The summed E-state index contributed by atoms with van der Waals surface area (Å²) in [5.41, 5.74) is 1.66. The topological polar surface area (TPSA) is 88.1 Å². The van der Waals surface area contributed by atoms with Crippen molar-refractivity contribution in [2.45, 2.75) is 19.9 Å². The third-order valence-corrected chi connectivity index (χ3v) is 6.01. The van der Waals surface area contributed by atoms with Gasteiger partial charge < -0.3 is 10.1 Å². The Balaban J connectivity index is 1.73. The van der Waals surface area contributed by atoms with Gasteiger partial charge in [0.05, 0.1) is 28.8 Å². The zero-order valence-electron chi connectivity index (χ0n) is 17.9. The maximum Gasteiger partial charge on any atom is 0.338 e. The molecule has 0 aliphatic carbocycles. The van der Waals surface area contributed by atoms with Gasteiger partial charge in [0.2, 0.25) is 0 Å². The molecule has 0 fully saturated rings. The summed E-state index contributed by atoms with van der Waals surface area (Å²) in [5.74, 6) is -2.02. The third-order valence-electron chi connectivity index (χ3n) is 5.02. The second-order valence-electron chi connectivity index (χ2n) is 7.21. The van der Waals surface area contributed by atoms with Gasteiger partial charge in [0, 0.05) is 11.8 Å². The molecule has 0 bridgehead atoms. The number of aliphatic imine (C=N–C) groups is 1. The number of halogens is 1. The van der Waals surface area contributed by atoms with Gasteiger partial charge in [-0.2, -0.15) is 0 Å². The predicted octanol–water partition coefficient (Wildman–Crippen LogP) is 4.17. The molecule has 0 saturated heterocycles. The molecule has 4 rings (SSSR count). The molecule has 168 valence electrons. The third kappa shape index (κ3) is 4.58. The van der Waals surface area contributed by atoms with Crippen molar-refractivity contribution in [1.82, 2.24) is 4.90 Å². The number of para-hydroxylation sites is 1. The fraction of sp³-hybridized carbons (Fsp3) is 0.167. The number of anilines is 1. The molecule has 0 spiro atoms. The van der Waals surface area contributed by atoms with Gasteiger partial charge >= 0.3 is 5.97 Å². The molecule has 9 heteroatoms. The van der Waals surface area contributed by atoms with E-state index < -0.39 is 29.6 Å². The molecule has 0 radical (unpaired) electrons. The summed E-state index contributed by atoms with van der Waals surface area (Å²) in [6, 6.07) is 13.5. The highest BCUT2D eigenvalue weighted by Crippen LogP contribution is 2.42. The lowest BCUT2D eigenvalue weighted by atomic mass is 9.94. The number of carbonyl (C=O) groups excluding carboxylic acids is 3. The van der Waals surface area contributed by atoms with E-state index in [1.54, 1.807) is 38.1 Å². The van der Waals surface area contributed by atoms with Crippen LogP contribution in [0.5, 0.6) is 0 Å². The van der Waals surface area contributed by atoms with E-state index in [2.05, 4.69) is 10.3 Å². The molecule has 2 aromatic rings. The number of hydrogen-bond donors (Lipinski definition) is 1. The van der Waals surface area contributed by atoms with Gasteiger partial charge in [0.1, 0.15) is 5.82 Å². The van der Waals surface area contributed by atoms with Crippen LogP contribution in [-0.4, -0.2) is 34.5 Å². The summed E-state index contributed by atoms with van der Waals surface area (Å²) < 4.78 is 18.8. The Morgan fingerprint density at radius 2 is 1.85 bits per heavy atom. The number of carbonyl (C=O) groups is 3. The largest absolute Gasteiger partial charge is 0.463 e. The molecule has 2 heterocycles. The van der Waals surface area contributed by atoms with Crippen molar-refractivity contribution < 1.29 is 23.5 Å². The molecule has 7 nitrogen and oxygen atoms in total. The van der Waals surface area contributed by atoms with E-state index in [4.69, 9.17) is 4.74 Å². The fourth-order valence-corrected chi connectivity index (χ4v) is 4.53. The Kier molecular flexibility index (Phi) is 6.41. The van der Waals surface area contributed by atoms with Crippen LogP contribution in [0.2, 0.25) is 0 Å². The summed E-state index contributed by atoms with van der Waals surface area (Å²) in [4.78, 5) is 44.7. The van der Waals surface area contributed by atoms with E-state index in [-0.39, 0.29) is 22.3 Å². The standard InChI is InChI=1S/C24H20FN3O4S/c1-3-32-23(31)20-14(2)26-24-28(21(20)15-9-11-16(25)12-10-15)19(29)13-18(33-24)22(30)27-17-7-5-4-6-8-17/h4-13,21H,3H2,1-2H3,(H,27,30). The number of rotatable bonds is 5. The summed E-state index contributed by atoms with van der Waals surface area (Å²) in [6.45, 7) is 3.47. The smallest absolute Gasteiger partial charge is 0.338 e. The van der Waals surface area contributed by atoms with E-state index >= 15 is 0 Å². The van der Waals surface area contributed by atoms with Crippen molar-refractivity contribution in [2.75, 3.05) is 11.9 Å². The van der Waals surface area contributed by atoms with Gasteiger partial charge in [0.25, 0.3) is 11.8 Å². The Morgan fingerprint density at radius 3 is 2.52 bits per heavy atom. The average Bonchev–Trinajstić information content (AvgIpc) is 2.79. The minimum atomic E-state index is -0.868. The van der Waals surface area contributed by atoms with E-state index in [9.17, 15) is 18.8 Å². The number of hydrogen-bond acceptors (Lipinski definition) is 6. The maximum atomic E-state index is 13.6. The molecule has 0 saturated carbocycles. The van der Waals surface area contributed by atoms with Gasteiger partial charge in [-0.05, 0) is 55.4 Å². The van der Waals surface area contributed by atoms with Crippen molar-refractivity contribution in [3.05, 3.63) is 88.2 Å². The van der Waals surface area contributed by atoms with Crippen molar-refractivity contribution in [3.63, 3.8) is 0 Å². The Hall–Kier alpha value is -3.72. The van der Waals surface area contributed by atoms with Crippen molar-refractivity contribution in [1.29, 1.82) is 0 Å². The van der Waals surface area contributed by atoms with E-state index in [1.807, 2.05) is 6.07 Å². The lowest BCUT2D eigenvalue weighted by Gasteiger charge is -2.38. The quantitative estimate of drug-likeness (QED) is 0.670. The van der Waals surface area contributed by atoms with Crippen LogP contribution in [0.4, 0.5) is 10.1 Å².